The second-order valence-corrected chi connectivity index (χ2v) is 6.37. The van der Waals surface area contributed by atoms with Crippen LogP contribution < -0.4 is 10.6 Å². The van der Waals surface area contributed by atoms with Crippen LogP contribution in [0.15, 0.2) is 4.99 Å². The molecule has 1 fully saturated rings. The molecule has 1 heterocycles. The van der Waals surface area contributed by atoms with Gasteiger partial charge in [-0.25, -0.2) is 0 Å². The Kier molecular flexibility index (Phi) is 9.43. The molecule has 0 aromatic carbocycles. The van der Waals surface area contributed by atoms with Crippen molar-refractivity contribution in [2.75, 3.05) is 53.4 Å². The van der Waals surface area contributed by atoms with E-state index in [4.69, 9.17) is 0 Å². The third-order valence-corrected chi connectivity index (χ3v) is 4.37. The number of hydrogen-bond acceptors (Lipinski definition) is 3. The highest BCUT2D eigenvalue weighted by atomic mass is 19.4. The molecule has 5 nitrogen and oxygen atoms in total. The highest BCUT2D eigenvalue weighted by Gasteiger charge is 2.28. The van der Waals surface area contributed by atoms with Crippen molar-refractivity contribution in [1.82, 2.24) is 20.4 Å². The van der Waals surface area contributed by atoms with Gasteiger partial charge < -0.3 is 10.6 Å². The number of guanidine groups is 1. The molecule has 0 spiro atoms. The Morgan fingerprint density at radius 1 is 1.25 bits per heavy atom. The number of nitrogens with zero attached hydrogens (tertiary/aromatic N) is 3. The van der Waals surface area contributed by atoms with Gasteiger partial charge in [0.15, 0.2) is 5.96 Å². The Hall–Kier alpha value is -1.02. The van der Waals surface area contributed by atoms with Gasteiger partial charge in [0.2, 0.25) is 0 Å². The molecule has 1 atom stereocenters. The lowest BCUT2D eigenvalue weighted by Crippen LogP contribution is -2.47. The minimum Gasteiger partial charge on any atom is -0.355 e. The Bertz CT molecular complexity index is 373. The van der Waals surface area contributed by atoms with Crippen LogP contribution in [0.3, 0.4) is 0 Å². The van der Waals surface area contributed by atoms with Gasteiger partial charge in [0.25, 0.3) is 0 Å². The summed E-state index contributed by atoms with van der Waals surface area (Å²) in [4.78, 5) is 7.88. The van der Waals surface area contributed by atoms with Crippen LogP contribution in [-0.4, -0.2) is 81.3 Å². The van der Waals surface area contributed by atoms with Crippen molar-refractivity contribution in [2.24, 2.45) is 4.99 Å². The van der Waals surface area contributed by atoms with E-state index in [2.05, 4.69) is 27.4 Å². The molecule has 0 amide bonds. The van der Waals surface area contributed by atoms with Gasteiger partial charge in [-0.2, -0.15) is 13.2 Å². The molecular weight excluding hydrogens is 319 g/mol. The predicted octanol–water partition coefficient (Wildman–Crippen LogP) is 1.91. The first-order valence-electron chi connectivity index (χ1n) is 8.79. The molecule has 0 aliphatic carbocycles. The summed E-state index contributed by atoms with van der Waals surface area (Å²) in [6, 6.07) is 0.673. The Morgan fingerprint density at radius 3 is 2.58 bits per heavy atom. The zero-order valence-corrected chi connectivity index (χ0v) is 15.1. The SMILES string of the molecule is CCC1CCCCN1CCNC(=NC)NCCN(C)CC(F)(F)F. The third-order valence-electron chi connectivity index (χ3n) is 4.37. The summed E-state index contributed by atoms with van der Waals surface area (Å²) >= 11 is 0. The number of piperidine rings is 1. The molecule has 142 valence electrons. The van der Waals surface area contributed by atoms with Crippen molar-refractivity contribution in [1.29, 1.82) is 0 Å². The molecule has 8 heteroatoms. The first-order valence-corrected chi connectivity index (χ1v) is 8.79. The molecule has 0 aromatic rings. The van der Waals surface area contributed by atoms with Crippen LogP contribution in [0.2, 0.25) is 0 Å². The van der Waals surface area contributed by atoms with Crippen LogP contribution in [0, 0.1) is 0 Å². The number of halogens is 3. The monoisotopic (exact) mass is 351 g/mol. The number of likely N-dealkylation sites (tertiary alicyclic amines) is 1. The summed E-state index contributed by atoms with van der Waals surface area (Å²) < 4.78 is 36.8. The fourth-order valence-electron chi connectivity index (χ4n) is 3.11. The predicted molar refractivity (Wildman–Crippen MR) is 92.4 cm³/mol. The van der Waals surface area contributed by atoms with E-state index in [9.17, 15) is 13.2 Å². The van der Waals surface area contributed by atoms with Crippen LogP contribution >= 0.6 is 0 Å². The van der Waals surface area contributed by atoms with E-state index in [0.29, 0.717) is 25.1 Å². The Balaban J connectivity index is 2.20. The maximum Gasteiger partial charge on any atom is 0.401 e. The second kappa shape index (κ2) is 10.8. The van der Waals surface area contributed by atoms with Gasteiger partial charge in [0.1, 0.15) is 0 Å². The van der Waals surface area contributed by atoms with Gasteiger partial charge >= 0.3 is 6.18 Å². The summed E-state index contributed by atoms with van der Waals surface area (Å²) in [5, 5.41) is 6.30. The number of likely N-dealkylation sites (N-methyl/N-ethyl adjacent to an activating group) is 1. The average molecular weight is 351 g/mol. The smallest absolute Gasteiger partial charge is 0.355 e. The van der Waals surface area contributed by atoms with Gasteiger partial charge in [-0.3, -0.25) is 14.8 Å². The molecule has 2 N–H and O–H groups in total. The number of rotatable bonds is 8. The van der Waals surface area contributed by atoms with Crippen LogP contribution in [0.4, 0.5) is 13.2 Å². The quantitative estimate of drug-likeness (QED) is 0.518. The van der Waals surface area contributed by atoms with Gasteiger partial charge in [-0.15, -0.1) is 0 Å². The van der Waals surface area contributed by atoms with Gasteiger partial charge in [0.05, 0.1) is 6.54 Å². The second-order valence-electron chi connectivity index (χ2n) is 6.37. The lowest BCUT2D eigenvalue weighted by Gasteiger charge is -2.35. The zero-order valence-electron chi connectivity index (χ0n) is 15.1. The summed E-state index contributed by atoms with van der Waals surface area (Å²) in [7, 11) is 3.14. The highest BCUT2D eigenvalue weighted by Crippen LogP contribution is 2.18. The number of alkyl halides is 3. The van der Waals surface area contributed by atoms with E-state index < -0.39 is 12.7 Å². The molecule has 1 rings (SSSR count). The van der Waals surface area contributed by atoms with Crippen LogP contribution in [-0.2, 0) is 0 Å². The number of hydrogen-bond donors (Lipinski definition) is 2. The highest BCUT2D eigenvalue weighted by molar-refractivity contribution is 5.79. The van der Waals surface area contributed by atoms with E-state index in [1.54, 1.807) is 7.05 Å². The van der Waals surface area contributed by atoms with Crippen LogP contribution in [0.5, 0.6) is 0 Å². The van der Waals surface area contributed by atoms with Gasteiger partial charge in [-0.1, -0.05) is 13.3 Å². The van der Waals surface area contributed by atoms with E-state index >= 15 is 0 Å². The minimum atomic E-state index is -4.15. The standard InChI is InChI=1S/C16H32F3N5/c1-4-14-7-5-6-10-24(14)12-9-22-15(20-2)21-8-11-23(3)13-16(17,18)19/h14H,4-13H2,1-3H3,(H2,20,21,22). The Morgan fingerprint density at radius 2 is 1.96 bits per heavy atom. The Labute approximate surface area is 143 Å². The molecular formula is C16H32F3N5. The molecule has 1 saturated heterocycles. The topological polar surface area (TPSA) is 42.9 Å². The molecule has 24 heavy (non-hydrogen) atoms. The fourth-order valence-corrected chi connectivity index (χ4v) is 3.11. The molecule has 1 aliphatic heterocycles. The largest absolute Gasteiger partial charge is 0.401 e. The number of aliphatic imine (C=N–C) groups is 1. The summed E-state index contributed by atoms with van der Waals surface area (Å²) in [6.45, 7) is 4.97. The maximum absolute atomic E-state index is 12.3. The van der Waals surface area contributed by atoms with Crippen molar-refractivity contribution in [3.63, 3.8) is 0 Å². The van der Waals surface area contributed by atoms with Crippen molar-refractivity contribution in [2.45, 2.75) is 44.8 Å². The third kappa shape index (κ3) is 8.73. The van der Waals surface area contributed by atoms with Gasteiger partial charge in [0, 0.05) is 39.3 Å². The zero-order chi connectivity index (χ0) is 18.0. The van der Waals surface area contributed by atoms with Crippen molar-refractivity contribution >= 4 is 5.96 Å². The molecule has 0 aromatic heterocycles. The van der Waals surface area contributed by atoms with Crippen molar-refractivity contribution < 1.29 is 13.2 Å². The first kappa shape index (κ1) is 21.0. The van der Waals surface area contributed by atoms with Crippen molar-refractivity contribution in [3.05, 3.63) is 0 Å². The minimum absolute atomic E-state index is 0.310. The summed E-state index contributed by atoms with van der Waals surface area (Å²) in [6.07, 6.45) is 0.874. The van der Waals surface area contributed by atoms with E-state index in [1.807, 2.05) is 0 Å². The lowest BCUT2D eigenvalue weighted by atomic mass is 10.0. The van der Waals surface area contributed by atoms with E-state index in [0.717, 1.165) is 19.6 Å². The lowest BCUT2D eigenvalue weighted by molar-refractivity contribution is -0.142. The molecule has 0 radical (unpaired) electrons. The normalized spacial score (nSPS) is 20.5. The average Bonchev–Trinajstić information content (AvgIpc) is 2.52. The van der Waals surface area contributed by atoms with Gasteiger partial charge in [-0.05, 0) is 32.9 Å². The van der Waals surface area contributed by atoms with E-state index in [1.165, 1.54) is 37.6 Å². The van der Waals surface area contributed by atoms with Crippen LogP contribution in [0.1, 0.15) is 32.6 Å². The van der Waals surface area contributed by atoms with E-state index in [-0.39, 0.29) is 0 Å². The summed E-state index contributed by atoms with van der Waals surface area (Å²) in [5.41, 5.74) is 0. The first-order chi connectivity index (χ1) is 11.4. The molecule has 1 aliphatic rings. The maximum atomic E-state index is 12.3. The van der Waals surface area contributed by atoms with Crippen molar-refractivity contribution in [3.8, 4) is 0 Å². The molecule has 0 saturated carbocycles. The molecule has 1 unspecified atom stereocenters. The summed E-state index contributed by atoms with van der Waals surface area (Å²) in [5.74, 6) is 0.639. The molecule has 0 bridgehead atoms. The number of nitrogens with one attached hydrogen (secondary N) is 2. The van der Waals surface area contributed by atoms with Crippen LogP contribution in [0.25, 0.3) is 0 Å². The fraction of sp³-hybridized carbons (Fsp3) is 0.938.